The fourth-order valence-electron chi connectivity index (χ4n) is 1.42. The molecule has 0 fully saturated rings. The van der Waals surface area contributed by atoms with Crippen LogP contribution in [0.25, 0.3) is 0 Å². The van der Waals surface area contributed by atoms with Crippen molar-refractivity contribution in [2.75, 3.05) is 12.0 Å². The van der Waals surface area contributed by atoms with E-state index < -0.39 is 15.7 Å². The molecular weight excluding hydrogens is 217 g/mol. The molecule has 0 spiro atoms. The summed E-state index contributed by atoms with van der Waals surface area (Å²) in [5.41, 5.74) is 6.70. The molecule has 0 amide bonds. The van der Waals surface area contributed by atoms with E-state index in [0.29, 0.717) is 17.5 Å². The molecule has 0 saturated carbocycles. The fourth-order valence-corrected chi connectivity index (χ4v) is 2.19. The van der Waals surface area contributed by atoms with Gasteiger partial charge >= 0.3 is 0 Å². The Morgan fingerprint density at radius 2 is 2.00 bits per heavy atom. The van der Waals surface area contributed by atoms with Crippen LogP contribution in [0.4, 0.5) is 10.1 Å². The van der Waals surface area contributed by atoms with Gasteiger partial charge in [0, 0.05) is 6.26 Å². The summed E-state index contributed by atoms with van der Waals surface area (Å²) in [5.74, 6) is -0.704. The van der Waals surface area contributed by atoms with E-state index in [0.717, 1.165) is 6.26 Å². The molecule has 1 aromatic carbocycles. The van der Waals surface area contributed by atoms with E-state index in [4.69, 9.17) is 5.73 Å². The lowest BCUT2D eigenvalue weighted by Gasteiger charge is -2.07. The average Bonchev–Trinajstić information content (AvgIpc) is 2.08. The van der Waals surface area contributed by atoms with E-state index in [1.165, 1.54) is 6.07 Å². The summed E-state index contributed by atoms with van der Waals surface area (Å²) < 4.78 is 35.4. The van der Waals surface area contributed by atoms with Crippen molar-refractivity contribution < 1.29 is 12.8 Å². The van der Waals surface area contributed by atoms with Crippen LogP contribution in [0.15, 0.2) is 12.1 Å². The first kappa shape index (κ1) is 12.0. The van der Waals surface area contributed by atoms with Crippen molar-refractivity contribution in [1.82, 2.24) is 0 Å². The summed E-state index contributed by atoms with van der Waals surface area (Å²) in [6, 6.07) is 2.81. The number of nitrogen functional groups attached to an aromatic ring is 1. The first-order valence-electron chi connectivity index (χ1n) is 4.58. The normalized spacial score (nSPS) is 11.7. The first-order chi connectivity index (χ1) is 6.83. The SMILES string of the molecule is CCc1cc(CS(C)(=O)=O)cc(F)c1N. The third kappa shape index (κ3) is 3.20. The van der Waals surface area contributed by atoms with Gasteiger partial charge in [0.05, 0.1) is 11.4 Å². The van der Waals surface area contributed by atoms with E-state index in [1.807, 2.05) is 6.92 Å². The van der Waals surface area contributed by atoms with E-state index in [2.05, 4.69) is 0 Å². The number of halogens is 1. The summed E-state index contributed by atoms with van der Waals surface area (Å²) in [4.78, 5) is 0. The average molecular weight is 231 g/mol. The van der Waals surface area contributed by atoms with Gasteiger partial charge < -0.3 is 5.73 Å². The van der Waals surface area contributed by atoms with Gasteiger partial charge in [-0.1, -0.05) is 13.0 Å². The zero-order valence-electron chi connectivity index (χ0n) is 8.75. The molecule has 0 aliphatic carbocycles. The third-order valence-corrected chi connectivity index (χ3v) is 2.94. The third-order valence-electron chi connectivity index (χ3n) is 2.08. The highest BCUT2D eigenvalue weighted by Gasteiger charge is 2.10. The van der Waals surface area contributed by atoms with Crippen LogP contribution in [0.2, 0.25) is 0 Å². The van der Waals surface area contributed by atoms with Crippen LogP contribution in [0.5, 0.6) is 0 Å². The number of sulfone groups is 1. The zero-order valence-corrected chi connectivity index (χ0v) is 9.57. The molecule has 1 rings (SSSR count). The van der Waals surface area contributed by atoms with Crippen molar-refractivity contribution >= 4 is 15.5 Å². The van der Waals surface area contributed by atoms with E-state index in [1.54, 1.807) is 6.07 Å². The van der Waals surface area contributed by atoms with Crippen LogP contribution in [0, 0.1) is 5.82 Å². The van der Waals surface area contributed by atoms with Crippen LogP contribution >= 0.6 is 0 Å². The molecule has 0 aromatic heterocycles. The number of hydrogen-bond acceptors (Lipinski definition) is 3. The van der Waals surface area contributed by atoms with Crippen LogP contribution in [0.3, 0.4) is 0 Å². The Morgan fingerprint density at radius 1 is 1.40 bits per heavy atom. The minimum atomic E-state index is -3.14. The Morgan fingerprint density at radius 3 is 2.47 bits per heavy atom. The lowest BCUT2D eigenvalue weighted by Crippen LogP contribution is -2.04. The van der Waals surface area contributed by atoms with Gasteiger partial charge in [0.1, 0.15) is 5.82 Å². The Balaban J connectivity index is 3.17. The molecule has 0 atom stereocenters. The molecule has 2 N–H and O–H groups in total. The zero-order chi connectivity index (χ0) is 11.6. The first-order valence-corrected chi connectivity index (χ1v) is 6.64. The Bertz CT molecular complexity index is 469. The van der Waals surface area contributed by atoms with Gasteiger partial charge in [0.15, 0.2) is 9.84 Å². The minimum Gasteiger partial charge on any atom is -0.396 e. The molecule has 0 unspecified atom stereocenters. The Labute approximate surface area is 89.0 Å². The van der Waals surface area contributed by atoms with Gasteiger partial charge in [-0.15, -0.1) is 0 Å². The molecule has 0 radical (unpaired) electrons. The van der Waals surface area contributed by atoms with Crippen molar-refractivity contribution in [1.29, 1.82) is 0 Å². The van der Waals surface area contributed by atoms with Gasteiger partial charge in [0.25, 0.3) is 0 Å². The second kappa shape index (κ2) is 4.18. The molecule has 15 heavy (non-hydrogen) atoms. The number of anilines is 1. The van der Waals surface area contributed by atoms with Gasteiger partial charge in [-0.2, -0.15) is 0 Å². The molecule has 0 saturated heterocycles. The van der Waals surface area contributed by atoms with Crippen molar-refractivity contribution in [3.8, 4) is 0 Å². The van der Waals surface area contributed by atoms with Crippen LogP contribution in [-0.4, -0.2) is 14.7 Å². The van der Waals surface area contributed by atoms with Gasteiger partial charge in [-0.05, 0) is 23.6 Å². The van der Waals surface area contributed by atoms with Crippen molar-refractivity contribution in [3.63, 3.8) is 0 Å². The van der Waals surface area contributed by atoms with Gasteiger partial charge in [-0.3, -0.25) is 0 Å². The topological polar surface area (TPSA) is 60.2 Å². The van der Waals surface area contributed by atoms with Crippen LogP contribution in [0.1, 0.15) is 18.1 Å². The molecule has 84 valence electrons. The van der Waals surface area contributed by atoms with Gasteiger partial charge in [0.2, 0.25) is 0 Å². The van der Waals surface area contributed by atoms with E-state index >= 15 is 0 Å². The van der Waals surface area contributed by atoms with Gasteiger partial charge in [-0.25, -0.2) is 12.8 Å². The lowest BCUT2D eigenvalue weighted by atomic mass is 10.1. The van der Waals surface area contributed by atoms with E-state index in [9.17, 15) is 12.8 Å². The predicted octanol–water partition coefficient (Wildman–Crippen LogP) is 1.51. The number of rotatable bonds is 3. The van der Waals surface area contributed by atoms with Crippen molar-refractivity contribution in [2.45, 2.75) is 19.1 Å². The summed E-state index contributed by atoms with van der Waals surface area (Å²) in [6.07, 6.45) is 1.70. The monoisotopic (exact) mass is 231 g/mol. The van der Waals surface area contributed by atoms with Crippen molar-refractivity contribution in [3.05, 3.63) is 29.1 Å². The largest absolute Gasteiger partial charge is 0.396 e. The maximum Gasteiger partial charge on any atom is 0.151 e. The Kier molecular flexibility index (Phi) is 3.34. The van der Waals surface area contributed by atoms with Crippen LogP contribution < -0.4 is 5.73 Å². The molecule has 0 aliphatic heterocycles. The molecule has 0 bridgehead atoms. The summed E-state index contributed by atoms with van der Waals surface area (Å²) in [7, 11) is -3.14. The molecule has 0 heterocycles. The number of benzene rings is 1. The van der Waals surface area contributed by atoms with Crippen LogP contribution in [-0.2, 0) is 22.0 Å². The quantitative estimate of drug-likeness (QED) is 0.802. The maximum absolute atomic E-state index is 13.3. The van der Waals surface area contributed by atoms with Crippen molar-refractivity contribution in [2.24, 2.45) is 0 Å². The molecule has 5 heteroatoms. The number of nitrogens with two attached hydrogens (primary N) is 1. The summed E-state index contributed by atoms with van der Waals surface area (Å²) >= 11 is 0. The second-order valence-electron chi connectivity index (χ2n) is 3.57. The highest BCUT2D eigenvalue weighted by atomic mass is 32.2. The minimum absolute atomic E-state index is 0.106. The highest BCUT2D eigenvalue weighted by Crippen LogP contribution is 2.20. The number of aryl methyl sites for hydroxylation is 1. The standard InChI is InChI=1S/C10H14FNO2S/c1-3-8-4-7(6-15(2,13)14)5-9(11)10(8)12/h4-5H,3,6,12H2,1-2H3. The number of hydrogen-bond donors (Lipinski definition) is 1. The summed E-state index contributed by atoms with van der Waals surface area (Å²) in [6.45, 7) is 1.84. The fraction of sp³-hybridized carbons (Fsp3) is 0.400. The smallest absolute Gasteiger partial charge is 0.151 e. The maximum atomic E-state index is 13.3. The molecule has 3 nitrogen and oxygen atoms in total. The lowest BCUT2D eigenvalue weighted by molar-refractivity contribution is 0.600. The highest BCUT2D eigenvalue weighted by molar-refractivity contribution is 7.89. The molecule has 1 aromatic rings. The Hall–Kier alpha value is -1.10. The second-order valence-corrected chi connectivity index (χ2v) is 5.71. The van der Waals surface area contributed by atoms with E-state index in [-0.39, 0.29) is 11.4 Å². The molecule has 0 aliphatic rings. The predicted molar refractivity (Wildman–Crippen MR) is 58.7 cm³/mol. The molecular formula is C10H14FNO2S. The summed E-state index contributed by atoms with van der Waals surface area (Å²) in [5, 5.41) is 0.